The van der Waals surface area contributed by atoms with Crippen molar-refractivity contribution in [2.45, 2.75) is 30.7 Å². The summed E-state index contributed by atoms with van der Waals surface area (Å²) in [4.78, 5) is 32.0. The lowest BCUT2D eigenvalue weighted by Crippen LogP contribution is -2.33. The first-order valence-corrected chi connectivity index (χ1v) is 12.6. The van der Waals surface area contributed by atoms with Crippen LogP contribution in [0.4, 0.5) is 0 Å². The number of sulfonamides is 1. The molecule has 0 aliphatic heterocycles. The number of carbonyl (C=O) groups excluding carboxylic acids is 1. The highest BCUT2D eigenvalue weighted by Gasteiger charge is 2.28. The molecule has 1 amide bonds. The number of nitrogens with one attached hydrogen (secondary N) is 2. The first-order valence-electron chi connectivity index (χ1n) is 10.3. The van der Waals surface area contributed by atoms with Gasteiger partial charge in [0, 0.05) is 22.0 Å². The van der Waals surface area contributed by atoms with E-state index in [2.05, 4.69) is 15.1 Å². The third kappa shape index (κ3) is 4.20. The Morgan fingerprint density at radius 3 is 2.61 bits per heavy atom. The fourth-order valence-electron chi connectivity index (χ4n) is 3.60. The van der Waals surface area contributed by atoms with Crippen LogP contribution in [0.5, 0.6) is 0 Å². The molecule has 8 nitrogen and oxygen atoms in total. The van der Waals surface area contributed by atoms with Crippen LogP contribution in [0.2, 0.25) is 0 Å². The van der Waals surface area contributed by atoms with Gasteiger partial charge < -0.3 is 0 Å². The zero-order chi connectivity index (χ0) is 23.2. The average molecular weight is 481 g/mol. The summed E-state index contributed by atoms with van der Waals surface area (Å²) < 4.78 is 28.6. The van der Waals surface area contributed by atoms with Crippen molar-refractivity contribution in [2.24, 2.45) is 0 Å². The topological polar surface area (TPSA) is 110 Å². The van der Waals surface area contributed by atoms with Crippen molar-refractivity contribution < 1.29 is 13.2 Å². The molecule has 0 saturated heterocycles. The molecule has 0 atom stereocenters. The molecule has 33 heavy (non-hydrogen) atoms. The second kappa shape index (κ2) is 8.22. The van der Waals surface area contributed by atoms with E-state index in [1.54, 1.807) is 0 Å². The molecule has 0 bridgehead atoms. The van der Waals surface area contributed by atoms with Crippen LogP contribution in [0, 0.1) is 6.92 Å². The van der Waals surface area contributed by atoms with Gasteiger partial charge in [-0.05, 0) is 43.5 Å². The average Bonchev–Trinajstić information content (AvgIpc) is 3.54. The SMILES string of the molecule is Cc1sc2ncn(NC(=O)c3cccc(S(=O)(=O)NC4CC4)c3)c(=O)c2c1-c1ccccc1. The lowest BCUT2D eigenvalue weighted by atomic mass is 10.0. The zero-order valence-corrected chi connectivity index (χ0v) is 19.2. The minimum absolute atomic E-state index is 0.00259. The molecule has 0 unspecified atom stereocenters. The lowest BCUT2D eigenvalue weighted by Gasteiger charge is -2.10. The summed E-state index contributed by atoms with van der Waals surface area (Å²) in [6.07, 6.45) is 2.89. The molecular formula is C23H20N4O4S2. The summed E-state index contributed by atoms with van der Waals surface area (Å²) in [6, 6.07) is 15.2. The summed E-state index contributed by atoms with van der Waals surface area (Å²) in [5.74, 6) is -0.616. The third-order valence-corrected chi connectivity index (χ3v) is 7.91. The zero-order valence-electron chi connectivity index (χ0n) is 17.6. The molecule has 2 aromatic carbocycles. The Kier molecular flexibility index (Phi) is 5.35. The van der Waals surface area contributed by atoms with Gasteiger partial charge in [-0.1, -0.05) is 36.4 Å². The predicted octanol–water partition coefficient (Wildman–Crippen LogP) is 3.26. The normalized spacial score (nSPS) is 13.8. The van der Waals surface area contributed by atoms with Crippen LogP contribution in [-0.4, -0.2) is 30.0 Å². The smallest absolute Gasteiger partial charge is 0.267 e. The highest BCUT2D eigenvalue weighted by molar-refractivity contribution is 7.89. The van der Waals surface area contributed by atoms with Crippen LogP contribution in [0.25, 0.3) is 21.3 Å². The van der Waals surface area contributed by atoms with E-state index in [9.17, 15) is 18.0 Å². The van der Waals surface area contributed by atoms with Gasteiger partial charge in [0.25, 0.3) is 11.5 Å². The van der Waals surface area contributed by atoms with E-state index < -0.39 is 21.5 Å². The number of rotatable bonds is 6. The fourth-order valence-corrected chi connectivity index (χ4v) is 5.96. The molecule has 1 aliphatic carbocycles. The van der Waals surface area contributed by atoms with Crippen molar-refractivity contribution in [3.8, 4) is 11.1 Å². The number of hydrogen-bond acceptors (Lipinski definition) is 6. The number of thiophene rings is 1. The molecular weight excluding hydrogens is 460 g/mol. The minimum atomic E-state index is -3.71. The van der Waals surface area contributed by atoms with Gasteiger partial charge >= 0.3 is 0 Å². The highest BCUT2D eigenvalue weighted by Crippen LogP contribution is 2.35. The molecule has 2 N–H and O–H groups in total. The monoisotopic (exact) mass is 480 g/mol. The molecule has 2 aromatic heterocycles. The summed E-state index contributed by atoms with van der Waals surface area (Å²) in [5, 5.41) is 0.427. The Labute approximate surface area is 193 Å². The van der Waals surface area contributed by atoms with Crippen LogP contribution < -0.4 is 15.7 Å². The van der Waals surface area contributed by atoms with Crippen molar-refractivity contribution >= 4 is 37.5 Å². The highest BCUT2D eigenvalue weighted by atomic mass is 32.2. The standard InChI is InChI=1S/C23H20N4O4S2/c1-14-19(15-6-3-2-4-7-15)20-22(32-14)24-13-27(23(20)29)25-21(28)16-8-5-9-18(12-16)33(30,31)26-17-10-11-17/h2-9,12-13,17,26H,10-11H2,1H3,(H,25,28). The number of carbonyl (C=O) groups is 1. The summed E-state index contributed by atoms with van der Waals surface area (Å²) >= 11 is 1.42. The Morgan fingerprint density at radius 2 is 1.88 bits per heavy atom. The molecule has 2 heterocycles. The van der Waals surface area contributed by atoms with Gasteiger partial charge in [0.05, 0.1) is 10.3 Å². The van der Waals surface area contributed by atoms with E-state index in [0.29, 0.717) is 10.2 Å². The van der Waals surface area contributed by atoms with Gasteiger partial charge in [-0.3, -0.25) is 15.0 Å². The van der Waals surface area contributed by atoms with Gasteiger partial charge in [0.2, 0.25) is 10.0 Å². The Bertz CT molecular complexity index is 1540. The first-order chi connectivity index (χ1) is 15.8. The van der Waals surface area contributed by atoms with E-state index in [1.165, 1.54) is 41.9 Å². The Hall–Kier alpha value is -3.34. The summed E-state index contributed by atoms with van der Waals surface area (Å²) in [7, 11) is -3.71. The summed E-state index contributed by atoms with van der Waals surface area (Å²) in [5.41, 5.74) is 3.92. The van der Waals surface area contributed by atoms with Crippen LogP contribution in [-0.2, 0) is 10.0 Å². The van der Waals surface area contributed by atoms with Gasteiger partial charge in [-0.25, -0.2) is 22.8 Å². The first kappa shape index (κ1) is 21.5. The largest absolute Gasteiger partial charge is 0.281 e. The van der Waals surface area contributed by atoms with Crippen molar-refractivity contribution in [1.82, 2.24) is 14.4 Å². The van der Waals surface area contributed by atoms with Gasteiger partial charge in [-0.15, -0.1) is 11.3 Å². The molecule has 1 fully saturated rings. The third-order valence-electron chi connectivity index (χ3n) is 5.38. The van der Waals surface area contributed by atoms with Crippen molar-refractivity contribution in [3.05, 3.63) is 81.7 Å². The number of amides is 1. The van der Waals surface area contributed by atoms with Crippen LogP contribution in [0.15, 0.2) is 70.6 Å². The van der Waals surface area contributed by atoms with Gasteiger partial charge in [-0.2, -0.15) is 0 Å². The number of fused-ring (bicyclic) bond motifs is 1. The van der Waals surface area contributed by atoms with Crippen molar-refractivity contribution in [3.63, 3.8) is 0 Å². The molecule has 1 saturated carbocycles. The van der Waals surface area contributed by atoms with E-state index in [0.717, 1.165) is 33.5 Å². The molecule has 0 radical (unpaired) electrons. The van der Waals surface area contributed by atoms with Crippen LogP contribution in [0.3, 0.4) is 0 Å². The van der Waals surface area contributed by atoms with E-state index >= 15 is 0 Å². The van der Waals surface area contributed by atoms with E-state index in [4.69, 9.17) is 0 Å². The van der Waals surface area contributed by atoms with Crippen molar-refractivity contribution in [2.75, 3.05) is 5.43 Å². The van der Waals surface area contributed by atoms with Crippen molar-refractivity contribution in [1.29, 1.82) is 0 Å². The molecule has 5 rings (SSSR count). The number of benzene rings is 2. The van der Waals surface area contributed by atoms with Gasteiger partial charge in [0.15, 0.2) is 0 Å². The Morgan fingerprint density at radius 1 is 1.12 bits per heavy atom. The Balaban J connectivity index is 1.49. The molecule has 0 spiro atoms. The maximum absolute atomic E-state index is 13.3. The van der Waals surface area contributed by atoms with Gasteiger partial charge in [0.1, 0.15) is 11.2 Å². The molecule has 4 aromatic rings. The number of hydrogen-bond donors (Lipinski definition) is 2. The quantitative estimate of drug-likeness (QED) is 0.440. The number of nitrogens with zero attached hydrogens (tertiary/aromatic N) is 2. The number of aryl methyl sites for hydroxylation is 1. The number of aromatic nitrogens is 2. The maximum Gasteiger partial charge on any atom is 0.281 e. The molecule has 168 valence electrons. The molecule has 10 heteroatoms. The minimum Gasteiger partial charge on any atom is -0.267 e. The predicted molar refractivity (Wildman–Crippen MR) is 128 cm³/mol. The summed E-state index contributed by atoms with van der Waals surface area (Å²) in [6.45, 7) is 1.93. The van der Waals surface area contributed by atoms with Crippen LogP contribution in [0.1, 0.15) is 28.1 Å². The second-order valence-corrected chi connectivity index (χ2v) is 10.8. The van der Waals surface area contributed by atoms with E-state index in [-0.39, 0.29) is 16.5 Å². The van der Waals surface area contributed by atoms with E-state index in [1.807, 2.05) is 37.3 Å². The second-order valence-electron chi connectivity index (χ2n) is 7.86. The lowest BCUT2D eigenvalue weighted by molar-refractivity contribution is 0.101. The van der Waals surface area contributed by atoms with Crippen LogP contribution >= 0.6 is 11.3 Å². The molecule has 1 aliphatic rings. The maximum atomic E-state index is 13.3. The fraction of sp³-hybridized carbons (Fsp3) is 0.174.